The van der Waals surface area contributed by atoms with Crippen LogP contribution in [0.2, 0.25) is 0 Å². The molecule has 4 nitrogen and oxygen atoms in total. The molecule has 2 heterocycles. The van der Waals surface area contributed by atoms with Crippen LogP contribution in [0.25, 0.3) is 22.1 Å². The Balaban J connectivity index is 1.58. The first-order valence-electron chi connectivity index (χ1n) is 10.7. The van der Waals surface area contributed by atoms with Crippen molar-refractivity contribution in [3.63, 3.8) is 0 Å². The average Bonchev–Trinajstić information content (AvgIpc) is 2.72. The number of aryl methyl sites for hydroxylation is 2. The van der Waals surface area contributed by atoms with E-state index in [4.69, 9.17) is 26.1 Å². The first kappa shape index (κ1) is 22.4. The summed E-state index contributed by atoms with van der Waals surface area (Å²) in [5.41, 5.74) is 5.14. The fourth-order valence-electron chi connectivity index (χ4n) is 3.61. The van der Waals surface area contributed by atoms with Crippen molar-refractivity contribution in [3.05, 3.63) is 52.4 Å². The molecule has 0 N–H and O–H groups in total. The van der Waals surface area contributed by atoms with Gasteiger partial charge in [-0.25, -0.2) is 4.98 Å². The third-order valence-corrected chi connectivity index (χ3v) is 5.56. The largest absolute Gasteiger partial charge is 0.478 e. The van der Waals surface area contributed by atoms with E-state index < -0.39 is 0 Å². The van der Waals surface area contributed by atoms with Gasteiger partial charge >= 0.3 is 0 Å². The molecule has 3 rings (SSSR count). The second-order valence-corrected chi connectivity index (χ2v) is 8.16. The normalized spacial score (nSPS) is 11.2. The van der Waals surface area contributed by atoms with Crippen molar-refractivity contribution in [2.75, 3.05) is 20.3 Å². The number of benzene rings is 1. The molecule has 0 radical (unpaired) electrons. The lowest BCUT2D eigenvalue weighted by molar-refractivity contribution is 0.191. The molecule has 0 aliphatic heterocycles. The van der Waals surface area contributed by atoms with Crippen LogP contribution in [0.15, 0.2) is 40.9 Å². The number of hydrogen-bond donors (Lipinski definition) is 0. The quantitative estimate of drug-likeness (QED) is 0.240. The third-order valence-electron chi connectivity index (χ3n) is 5.26. The van der Waals surface area contributed by atoms with Crippen LogP contribution in [0.4, 0.5) is 0 Å². The summed E-state index contributed by atoms with van der Waals surface area (Å²) in [6.45, 7) is 5.71. The van der Waals surface area contributed by atoms with Gasteiger partial charge in [0.25, 0.3) is 0 Å². The number of ether oxygens (including phenoxy) is 2. The summed E-state index contributed by atoms with van der Waals surface area (Å²) in [5.74, 6) is 0.583. The Morgan fingerprint density at radius 2 is 1.63 bits per heavy atom. The molecule has 0 fully saturated rings. The van der Waals surface area contributed by atoms with Crippen molar-refractivity contribution in [2.24, 2.45) is 0 Å². The van der Waals surface area contributed by atoms with Crippen molar-refractivity contribution in [1.29, 1.82) is 0 Å². The highest BCUT2D eigenvalue weighted by Crippen LogP contribution is 2.30. The Morgan fingerprint density at radius 3 is 2.37 bits per heavy atom. The highest BCUT2D eigenvalue weighted by atomic mass is 32.1. The summed E-state index contributed by atoms with van der Waals surface area (Å²) < 4.78 is 17.3. The minimum Gasteiger partial charge on any atom is -0.478 e. The maximum atomic E-state index is 5.95. The van der Waals surface area contributed by atoms with E-state index in [-0.39, 0.29) is 0 Å². The van der Waals surface area contributed by atoms with Gasteiger partial charge in [-0.05, 0) is 56.1 Å². The molecule has 0 saturated heterocycles. The SMILES string of the molecule is COCCCCCCCCOc1cc2oc(=S)c(-c3ccc(C)cc3C)cc2cn1. The lowest BCUT2D eigenvalue weighted by atomic mass is 10.00. The van der Waals surface area contributed by atoms with Gasteiger partial charge in [0.15, 0.2) is 4.71 Å². The molecular formula is C25H31NO3S. The van der Waals surface area contributed by atoms with Gasteiger partial charge in [0, 0.05) is 36.9 Å². The number of hydrogen-bond acceptors (Lipinski definition) is 5. The second kappa shape index (κ2) is 11.2. The minimum atomic E-state index is 0.486. The second-order valence-electron chi connectivity index (χ2n) is 7.79. The monoisotopic (exact) mass is 425 g/mol. The molecule has 30 heavy (non-hydrogen) atoms. The molecule has 2 aromatic heterocycles. The highest BCUT2D eigenvalue weighted by molar-refractivity contribution is 7.71. The molecule has 0 spiro atoms. The van der Waals surface area contributed by atoms with Crippen LogP contribution >= 0.6 is 12.2 Å². The van der Waals surface area contributed by atoms with E-state index in [0.717, 1.165) is 36.0 Å². The maximum Gasteiger partial charge on any atom is 0.216 e. The van der Waals surface area contributed by atoms with Gasteiger partial charge < -0.3 is 13.9 Å². The van der Waals surface area contributed by atoms with E-state index >= 15 is 0 Å². The van der Waals surface area contributed by atoms with E-state index in [2.05, 4.69) is 43.1 Å². The number of aromatic nitrogens is 1. The van der Waals surface area contributed by atoms with Gasteiger partial charge in [0.05, 0.1) is 6.61 Å². The van der Waals surface area contributed by atoms with Crippen molar-refractivity contribution < 1.29 is 13.9 Å². The first-order valence-corrected chi connectivity index (χ1v) is 11.1. The Morgan fingerprint density at radius 1 is 0.900 bits per heavy atom. The van der Waals surface area contributed by atoms with Crippen LogP contribution in [-0.4, -0.2) is 25.3 Å². The van der Waals surface area contributed by atoms with Gasteiger partial charge in [0.1, 0.15) is 5.58 Å². The van der Waals surface area contributed by atoms with E-state index in [9.17, 15) is 0 Å². The fourth-order valence-corrected chi connectivity index (χ4v) is 3.87. The number of methoxy groups -OCH3 is 1. The van der Waals surface area contributed by atoms with Gasteiger partial charge in [0.2, 0.25) is 5.88 Å². The molecule has 160 valence electrons. The minimum absolute atomic E-state index is 0.486. The summed E-state index contributed by atoms with van der Waals surface area (Å²) >= 11 is 5.53. The summed E-state index contributed by atoms with van der Waals surface area (Å²) in [5, 5.41) is 0.919. The summed E-state index contributed by atoms with van der Waals surface area (Å²) in [7, 11) is 1.75. The molecule has 1 aromatic carbocycles. The Bertz CT molecular complexity index is 1030. The predicted octanol–water partition coefficient (Wildman–Crippen LogP) is 7.21. The molecule has 0 atom stereocenters. The number of nitrogens with zero attached hydrogens (tertiary/aromatic N) is 1. The highest BCUT2D eigenvalue weighted by Gasteiger charge is 2.09. The molecule has 5 heteroatoms. The molecule has 0 saturated carbocycles. The number of unbranched alkanes of at least 4 members (excludes halogenated alkanes) is 5. The van der Waals surface area contributed by atoms with Crippen LogP contribution in [0, 0.1) is 18.6 Å². The first-order chi connectivity index (χ1) is 14.6. The summed E-state index contributed by atoms with van der Waals surface area (Å²) in [4.78, 5) is 4.45. The smallest absolute Gasteiger partial charge is 0.216 e. The van der Waals surface area contributed by atoms with Gasteiger partial charge in [-0.3, -0.25) is 0 Å². The Kier molecular flexibility index (Phi) is 8.40. The zero-order chi connectivity index (χ0) is 21.3. The average molecular weight is 426 g/mol. The lowest BCUT2D eigenvalue weighted by Crippen LogP contribution is -1.99. The summed E-state index contributed by atoms with van der Waals surface area (Å²) in [6.07, 6.45) is 8.85. The Labute approximate surface area is 184 Å². The molecule has 0 aliphatic carbocycles. The van der Waals surface area contributed by atoms with E-state index in [0.29, 0.717) is 22.8 Å². The molecule has 3 aromatic rings. The van der Waals surface area contributed by atoms with E-state index in [1.54, 1.807) is 13.3 Å². The van der Waals surface area contributed by atoms with Crippen LogP contribution in [0.1, 0.15) is 49.7 Å². The third kappa shape index (κ3) is 6.13. The predicted molar refractivity (Wildman–Crippen MR) is 125 cm³/mol. The van der Waals surface area contributed by atoms with Crippen LogP contribution in [0.3, 0.4) is 0 Å². The topological polar surface area (TPSA) is 44.5 Å². The van der Waals surface area contributed by atoms with Crippen LogP contribution in [0.5, 0.6) is 5.88 Å². The molecule has 0 unspecified atom stereocenters. The van der Waals surface area contributed by atoms with Crippen molar-refractivity contribution in [1.82, 2.24) is 4.98 Å². The zero-order valence-corrected chi connectivity index (χ0v) is 19.0. The summed E-state index contributed by atoms with van der Waals surface area (Å²) in [6, 6.07) is 10.2. The number of rotatable bonds is 11. The number of fused-ring (bicyclic) bond motifs is 1. The fraction of sp³-hybridized carbons (Fsp3) is 0.440. The van der Waals surface area contributed by atoms with E-state index in [1.807, 2.05) is 6.07 Å². The molecule has 0 amide bonds. The maximum absolute atomic E-state index is 5.95. The lowest BCUT2D eigenvalue weighted by Gasteiger charge is -2.09. The van der Waals surface area contributed by atoms with E-state index in [1.165, 1.54) is 36.8 Å². The van der Waals surface area contributed by atoms with Gasteiger partial charge in [-0.1, -0.05) is 49.4 Å². The van der Waals surface area contributed by atoms with Crippen LogP contribution in [-0.2, 0) is 4.74 Å². The van der Waals surface area contributed by atoms with Crippen molar-refractivity contribution in [2.45, 2.75) is 52.4 Å². The molecular weight excluding hydrogens is 394 g/mol. The molecule has 0 aliphatic rings. The van der Waals surface area contributed by atoms with Crippen molar-refractivity contribution in [3.8, 4) is 17.0 Å². The number of pyridine rings is 1. The standard InChI is InChI=1S/C25H31NO3S/c1-18-10-11-21(19(2)14-18)22-15-20-17-26-24(16-23(20)29-25(22)30)28-13-9-7-5-4-6-8-12-27-3/h10-11,14-17H,4-9,12-13H2,1-3H3. The zero-order valence-electron chi connectivity index (χ0n) is 18.2. The van der Waals surface area contributed by atoms with Crippen molar-refractivity contribution >= 4 is 23.2 Å². The van der Waals surface area contributed by atoms with Crippen LogP contribution < -0.4 is 4.74 Å². The molecule has 0 bridgehead atoms. The van der Waals surface area contributed by atoms with Gasteiger partial charge in [-0.2, -0.15) is 0 Å². The van der Waals surface area contributed by atoms with Gasteiger partial charge in [-0.15, -0.1) is 0 Å². The Hall–Kier alpha value is -2.24.